The Morgan fingerprint density at radius 2 is 1.70 bits per heavy atom. The molecule has 1 N–H and O–H groups in total. The van der Waals surface area contributed by atoms with Crippen molar-refractivity contribution in [2.24, 2.45) is 0 Å². The van der Waals surface area contributed by atoms with Gasteiger partial charge in [0.2, 0.25) is 17.7 Å². The molecule has 0 atom stereocenters. The molecule has 0 aliphatic carbocycles. The van der Waals surface area contributed by atoms with Crippen molar-refractivity contribution in [3.05, 3.63) is 59.7 Å². The molecular formula is C24H27N3O3. The number of hydrogen-bond donors (Lipinski definition) is 1. The highest BCUT2D eigenvalue weighted by Gasteiger charge is 2.22. The van der Waals surface area contributed by atoms with Crippen LogP contribution in [0.15, 0.2) is 48.5 Å². The summed E-state index contributed by atoms with van der Waals surface area (Å²) in [7, 11) is 0. The highest BCUT2D eigenvalue weighted by atomic mass is 16.2. The third kappa shape index (κ3) is 4.53. The predicted octanol–water partition coefficient (Wildman–Crippen LogP) is 2.84. The number of nitrogens with zero attached hydrogens (tertiary/aromatic N) is 2. The number of carbonyl (C=O) groups excluding carboxylic acids is 3. The van der Waals surface area contributed by atoms with E-state index in [0.29, 0.717) is 13.0 Å². The van der Waals surface area contributed by atoms with Gasteiger partial charge in [0, 0.05) is 43.9 Å². The minimum absolute atomic E-state index is 0.0436. The standard InChI is InChI=1S/C24H27N3O3/c28-22(17-18-9-11-20(12-10-18)26-15-4-8-23(26)29)25-14-13-24(30)27-16-3-6-19-5-1-2-7-21(19)27/h1-2,5,7,9-12H,3-4,6,8,13-17H2,(H,25,28). The number of benzene rings is 2. The summed E-state index contributed by atoms with van der Waals surface area (Å²) in [6, 6.07) is 15.6. The Hall–Kier alpha value is -3.15. The van der Waals surface area contributed by atoms with Crippen molar-refractivity contribution in [1.29, 1.82) is 0 Å². The van der Waals surface area contributed by atoms with Crippen LogP contribution in [-0.2, 0) is 27.2 Å². The predicted molar refractivity (Wildman–Crippen MR) is 116 cm³/mol. The molecule has 3 amide bonds. The highest BCUT2D eigenvalue weighted by Crippen LogP contribution is 2.27. The van der Waals surface area contributed by atoms with Gasteiger partial charge in [0.25, 0.3) is 0 Å². The molecule has 0 radical (unpaired) electrons. The van der Waals surface area contributed by atoms with E-state index in [4.69, 9.17) is 0 Å². The number of anilines is 2. The number of fused-ring (bicyclic) bond motifs is 1. The van der Waals surface area contributed by atoms with Crippen molar-refractivity contribution in [3.63, 3.8) is 0 Å². The topological polar surface area (TPSA) is 69.7 Å². The zero-order valence-corrected chi connectivity index (χ0v) is 17.1. The lowest BCUT2D eigenvalue weighted by atomic mass is 10.0. The molecule has 0 unspecified atom stereocenters. The second-order valence-corrected chi connectivity index (χ2v) is 7.87. The quantitative estimate of drug-likeness (QED) is 0.804. The first-order valence-corrected chi connectivity index (χ1v) is 10.7. The van der Waals surface area contributed by atoms with Crippen LogP contribution in [0.3, 0.4) is 0 Å². The number of rotatable bonds is 6. The van der Waals surface area contributed by atoms with Gasteiger partial charge in [-0.25, -0.2) is 0 Å². The lowest BCUT2D eigenvalue weighted by Gasteiger charge is -2.29. The van der Waals surface area contributed by atoms with Gasteiger partial charge in [0.15, 0.2) is 0 Å². The maximum Gasteiger partial charge on any atom is 0.228 e. The van der Waals surface area contributed by atoms with Crippen molar-refractivity contribution in [3.8, 4) is 0 Å². The Labute approximate surface area is 176 Å². The Morgan fingerprint density at radius 3 is 2.47 bits per heavy atom. The summed E-state index contributed by atoms with van der Waals surface area (Å²) >= 11 is 0. The van der Waals surface area contributed by atoms with Crippen LogP contribution in [0.25, 0.3) is 0 Å². The fourth-order valence-electron chi connectivity index (χ4n) is 4.20. The molecule has 2 aliphatic heterocycles. The van der Waals surface area contributed by atoms with Gasteiger partial charge in [-0.05, 0) is 48.6 Å². The Morgan fingerprint density at radius 1 is 0.933 bits per heavy atom. The second-order valence-electron chi connectivity index (χ2n) is 7.87. The van der Waals surface area contributed by atoms with Crippen molar-refractivity contribution in [1.82, 2.24) is 5.32 Å². The SMILES string of the molecule is O=C(Cc1ccc(N2CCCC2=O)cc1)NCCC(=O)N1CCCc2ccccc21. The van der Waals surface area contributed by atoms with Gasteiger partial charge in [-0.15, -0.1) is 0 Å². The van der Waals surface area contributed by atoms with Crippen molar-refractivity contribution in [2.75, 3.05) is 29.4 Å². The molecule has 2 heterocycles. The highest BCUT2D eigenvalue weighted by molar-refractivity contribution is 5.96. The van der Waals surface area contributed by atoms with Crippen molar-refractivity contribution < 1.29 is 14.4 Å². The smallest absolute Gasteiger partial charge is 0.228 e. The summed E-state index contributed by atoms with van der Waals surface area (Å²) in [4.78, 5) is 40.3. The van der Waals surface area contributed by atoms with Gasteiger partial charge < -0.3 is 15.1 Å². The summed E-state index contributed by atoms with van der Waals surface area (Å²) in [5, 5.41) is 2.85. The van der Waals surface area contributed by atoms with Crippen LogP contribution in [0.5, 0.6) is 0 Å². The zero-order chi connectivity index (χ0) is 20.9. The van der Waals surface area contributed by atoms with Crippen molar-refractivity contribution >= 4 is 29.1 Å². The molecule has 2 aromatic carbocycles. The molecule has 0 spiro atoms. The van der Waals surface area contributed by atoms with Crippen LogP contribution in [0, 0.1) is 0 Å². The molecule has 2 aliphatic rings. The number of nitrogens with one attached hydrogen (secondary N) is 1. The molecule has 0 aromatic heterocycles. The first kappa shape index (κ1) is 20.1. The van der Waals surface area contributed by atoms with Gasteiger partial charge in [0.1, 0.15) is 0 Å². The summed E-state index contributed by atoms with van der Waals surface area (Å²) < 4.78 is 0. The maximum absolute atomic E-state index is 12.6. The summed E-state index contributed by atoms with van der Waals surface area (Å²) in [6.45, 7) is 1.82. The molecule has 0 bridgehead atoms. The molecule has 1 saturated heterocycles. The van der Waals surface area contributed by atoms with E-state index < -0.39 is 0 Å². The fraction of sp³-hybridized carbons (Fsp3) is 0.375. The van der Waals surface area contributed by atoms with Crippen LogP contribution >= 0.6 is 0 Å². The lowest BCUT2D eigenvalue weighted by molar-refractivity contribution is -0.121. The largest absolute Gasteiger partial charge is 0.355 e. The molecule has 1 fully saturated rings. The van der Waals surface area contributed by atoms with E-state index >= 15 is 0 Å². The average molecular weight is 405 g/mol. The first-order valence-electron chi connectivity index (χ1n) is 10.7. The van der Waals surface area contributed by atoms with Crippen LogP contribution in [-0.4, -0.2) is 37.4 Å². The van der Waals surface area contributed by atoms with Crippen LogP contribution in [0.1, 0.15) is 36.8 Å². The molecule has 2 aromatic rings. The third-order valence-electron chi connectivity index (χ3n) is 5.76. The lowest BCUT2D eigenvalue weighted by Crippen LogP contribution is -2.38. The number of para-hydroxylation sites is 1. The summed E-state index contributed by atoms with van der Waals surface area (Å²) in [6.07, 6.45) is 4.01. The molecule has 6 heteroatoms. The first-order chi connectivity index (χ1) is 14.6. The van der Waals surface area contributed by atoms with E-state index in [0.717, 1.165) is 49.3 Å². The van der Waals surface area contributed by atoms with Crippen LogP contribution in [0.4, 0.5) is 11.4 Å². The van der Waals surface area contributed by atoms with Gasteiger partial charge in [-0.1, -0.05) is 30.3 Å². The van der Waals surface area contributed by atoms with Crippen molar-refractivity contribution in [2.45, 2.75) is 38.5 Å². The number of carbonyl (C=O) groups is 3. The second kappa shape index (κ2) is 9.11. The van der Waals surface area contributed by atoms with Crippen LogP contribution in [0.2, 0.25) is 0 Å². The normalized spacial score (nSPS) is 15.8. The van der Waals surface area contributed by atoms with E-state index in [1.807, 2.05) is 47.4 Å². The Kier molecular flexibility index (Phi) is 6.12. The number of hydrogen-bond acceptors (Lipinski definition) is 3. The minimum Gasteiger partial charge on any atom is -0.355 e. The zero-order valence-electron chi connectivity index (χ0n) is 17.1. The number of amides is 3. The van der Waals surface area contributed by atoms with E-state index in [-0.39, 0.29) is 30.6 Å². The van der Waals surface area contributed by atoms with E-state index in [9.17, 15) is 14.4 Å². The molecule has 6 nitrogen and oxygen atoms in total. The molecule has 156 valence electrons. The maximum atomic E-state index is 12.6. The van der Waals surface area contributed by atoms with E-state index in [2.05, 4.69) is 11.4 Å². The van der Waals surface area contributed by atoms with E-state index in [1.54, 1.807) is 4.90 Å². The van der Waals surface area contributed by atoms with Gasteiger partial charge in [-0.2, -0.15) is 0 Å². The third-order valence-corrected chi connectivity index (χ3v) is 5.76. The minimum atomic E-state index is -0.105. The summed E-state index contributed by atoms with van der Waals surface area (Å²) in [5.74, 6) is 0.0930. The summed E-state index contributed by atoms with van der Waals surface area (Å²) in [5.41, 5.74) is 3.98. The van der Waals surface area contributed by atoms with Gasteiger partial charge in [0.05, 0.1) is 6.42 Å². The average Bonchev–Trinajstić information content (AvgIpc) is 3.19. The molecular weight excluding hydrogens is 378 g/mol. The monoisotopic (exact) mass is 405 g/mol. The van der Waals surface area contributed by atoms with Gasteiger partial charge >= 0.3 is 0 Å². The molecule has 4 rings (SSSR count). The molecule has 0 saturated carbocycles. The fourth-order valence-corrected chi connectivity index (χ4v) is 4.20. The molecule has 30 heavy (non-hydrogen) atoms. The Bertz CT molecular complexity index is 939. The van der Waals surface area contributed by atoms with Gasteiger partial charge in [-0.3, -0.25) is 14.4 Å². The van der Waals surface area contributed by atoms with Crippen LogP contribution < -0.4 is 15.1 Å². The Balaban J connectivity index is 1.24. The van der Waals surface area contributed by atoms with E-state index in [1.165, 1.54) is 5.56 Å². The number of aryl methyl sites for hydroxylation is 1.